The van der Waals surface area contributed by atoms with Gasteiger partial charge in [-0.25, -0.2) is 0 Å². The third-order valence-electron chi connectivity index (χ3n) is 2.02. The number of hydrogen-bond acceptors (Lipinski definition) is 3. The van der Waals surface area contributed by atoms with Crippen LogP contribution in [0.25, 0.3) is 0 Å². The van der Waals surface area contributed by atoms with E-state index < -0.39 is 0 Å². The highest BCUT2D eigenvalue weighted by atomic mass is 32.1. The highest BCUT2D eigenvalue weighted by molar-refractivity contribution is 7.71. The molecular weight excluding hydrogens is 224 g/mol. The molecular formula is C10H10N4OS. The molecule has 0 unspecified atom stereocenters. The zero-order chi connectivity index (χ0) is 11.5. The molecule has 0 aliphatic heterocycles. The normalized spacial score (nSPS) is 10.1. The van der Waals surface area contributed by atoms with Crippen LogP contribution in [0.15, 0.2) is 30.6 Å². The van der Waals surface area contributed by atoms with Crippen molar-refractivity contribution < 1.29 is 4.79 Å². The molecule has 2 aromatic rings. The lowest BCUT2D eigenvalue weighted by Gasteiger charge is -2.01. The maximum Gasteiger partial charge on any atom is 0.259 e. The summed E-state index contributed by atoms with van der Waals surface area (Å²) in [7, 11) is 1.78. The Labute approximate surface area is 97.1 Å². The first-order valence-corrected chi connectivity index (χ1v) is 5.06. The Morgan fingerprint density at radius 3 is 3.00 bits per heavy atom. The van der Waals surface area contributed by atoms with E-state index in [0.717, 1.165) is 0 Å². The third kappa shape index (κ3) is 2.17. The number of pyridine rings is 1. The summed E-state index contributed by atoms with van der Waals surface area (Å²) in [5.41, 5.74) is 0.433. The van der Waals surface area contributed by atoms with Crippen molar-refractivity contribution in [3.63, 3.8) is 0 Å². The van der Waals surface area contributed by atoms with Crippen LogP contribution in [-0.4, -0.2) is 20.7 Å². The average Bonchev–Trinajstić information content (AvgIpc) is 2.64. The predicted molar refractivity (Wildman–Crippen MR) is 62.8 cm³/mol. The van der Waals surface area contributed by atoms with E-state index in [-0.39, 0.29) is 5.91 Å². The number of rotatable bonds is 2. The summed E-state index contributed by atoms with van der Waals surface area (Å²) in [6.45, 7) is 0. The molecule has 0 spiro atoms. The fourth-order valence-electron chi connectivity index (χ4n) is 1.27. The lowest BCUT2D eigenvalue weighted by Crippen LogP contribution is -2.13. The van der Waals surface area contributed by atoms with Crippen molar-refractivity contribution in [1.82, 2.24) is 14.8 Å². The van der Waals surface area contributed by atoms with Gasteiger partial charge in [-0.3, -0.25) is 9.48 Å². The van der Waals surface area contributed by atoms with Gasteiger partial charge in [-0.05, 0) is 12.1 Å². The monoisotopic (exact) mass is 234 g/mol. The van der Waals surface area contributed by atoms with Crippen LogP contribution in [0.1, 0.15) is 10.4 Å². The van der Waals surface area contributed by atoms with E-state index in [1.54, 1.807) is 42.3 Å². The van der Waals surface area contributed by atoms with Crippen molar-refractivity contribution in [2.45, 2.75) is 0 Å². The Hall–Kier alpha value is -1.95. The van der Waals surface area contributed by atoms with Crippen molar-refractivity contribution >= 4 is 23.9 Å². The quantitative estimate of drug-likeness (QED) is 0.778. The van der Waals surface area contributed by atoms with Gasteiger partial charge in [0, 0.05) is 25.5 Å². The van der Waals surface area contributed by atoms with Gasteiger partial charge < -0.3 is 10.3 Å². The molecule has 0 saturated carbocycles. The van der Waals surface area contributed by atoms with E-state index in [2.05, 4.69) is 15.4 Å². The van der Waals surface area contributed by atoms with Crippen molar-refractivity contribution in [2.24, 2.45) is 7.05 Å². The number of nitrogens with zero attached hydrogens (tertiary/aromatic N) is 2. The molecule has 0 radical (unpaired) electrons. The van der Waals surface area contributed by atoms with Crippen molar-refractivity contribution in [2.75, 3.05) is 5.32 Å². The Morgan fingerprint density at radius 1 is 1.56 bits per heavy atom. The summed E-state index contributed by atoms with van der Waals surface area (Å²) in [5.74, 6) is 0.242. The van der Waals surface area contributed by atoms with Gasteiger partial charge >= 0.3 is 0 Å². The number of amides is 1. The summed E-state index contributed by atoms with van der Waals surface area (Å²) in [4.78, 5) is 14.6. The third-order valence-corrected chi connectivity index (χ3v) is 2.36. The lowest BCUT2D eigenvalue weighted by atomic mass is 10.3. The van der Waals surface area contributed by atoms with Crippen LogP contribution >= 0.6 is 12.2 Å². The molecule has 6 heteroatoms. The van der Waals surface area contributed by atoms with E-state index in [4.69, 9.17) is 12.2 Å². The van der Waals surface area contributed by atoms with Gasteiger partial charge in [0.2, 0.25) is 0 Å². The summed E-state index contributed by atoms with van der Waals surface area (Å²) >= 11 is 5.01. The van der Waals surface area contributed by atoms with Gasteiger partial charge in [0.15, 0.2) is 5.82 Å². The number of anilines is 1. The highest BCUT2D eigenvalue weighted by Gasteiger charge is 2.08. The number of carbonyl (C=O) groups excluding carboxylic acids is 1. The Balaban J connectivity index is 2.21. The SMILES string of the molecule is Cn1ccc(NC(=O)c2ccc[nH]c2=S)n1. The highest BCUT2D eigenvalue weighted by Crippen LogP contribution is 2.06. The zero-order valence-electron chi connectivity index (χ0n) is 8.60. The Bertz CT molecular complexity index is 572. The van der Waals surface area contributed by atoms with Gasteiger partial charge in [0.1, 0.15) is 4.64 Å². The van der Waals surface area contributed by atoms with Crippen molar-refractivity contribution in [3.05, 3.63) is 40.8 Å². The number of aryl methyl sites for hydroxylation is 1. The summed E-state index contributed by atoms with van der Waals surface area (Å²) in [6.07, 6.45) is 3.43. The Kier molecular flexibility index (Phi) is 2.82. The summed E-state index contributed by atoms with van der Waals surface area (Å²) < 4.78 is 2.03. The van der Waals surface area contributed by atoms with E-state index >= 15 is 0 Å². The molecule has 0 saturated heterocycles. The van der Waals surface area contributed by atoms with Gasteiger partial charge in [0.25, 0.3) is 5.91 Å². The molecule has 0 aromatic carbocycles. The lowest BCUT2D eigenvalue weighted by molar-refractivity contribution is 0.102. The molecule has 2 N–H and O–H groups in total. The second-order valence-corrected chi connectivity index (χ2v) is 3.65. The van der Waals surface area contributed by atoms with E-state index in [1.165, 1.54) is 0 Å². The smallest absolute Gasteiger partial charge is 0.259 e. The van der Waals surface area contributed by atoms with Crippen molar-refractivity contribution in [1.29, 1.82) is 0 Å². The van der Waals surface area contributed by atoms with Crippen LogP contribution in [0.4, 0.5) is 5.82 Å². The minimum absolute atomic E-state index is 0.263. The molecule has 1 amide bonds. The molecule has 16 heavy (non-hydrogen) atoms. The molecule has 82 valence electrons. The molecule has 0 bridgehead atoms. The molecule has 5 nitrogen and oxygen atoms in total. The van der Waals surface area contributed by atoms with Gasteiger partial charge in [-0.2, -0.15) is 5.10 Å². The number of aromatic nitrogens is 3. The van der Waals surface area contributed by atoms with Crippen LogP contribution < -0.4 is 5.32 Å². The molecule has 2 aromatic heterocycles. The molecule has 0 atom stereocenters. The minimum Gasteiger partial charge on any atom is -0.352 e. The number of hydrogen-bond donors (Lipinski definition) is 2. The second kappa shape index (κ2) is 4.28. The summed E-state index contributed by atoms with van der Waals surface area (Å²) in [5, 5.41) is 6.71. The van der Waals surface area contributed by atoms with Crippen molar-refractivity contribution in [3.8, 4) is 0 Å². The van der Waals surface area contributed by atoms with E-state index in [0.29, 0.717) is 16.0 Å². The zero-order valence-corrected chi connectivity index (χ0v) is 9.41. The predicted octanol–water partition coefficient (Wildman–Crippen LogP) is 1.73. The number of aromatic amines is 1. The first-order valence-electron chi connectivity index (χ1n) is 4.65. The van der Waals surface area contributed by atoms with Gasteiger partial charge in [0.05, 0.1) is 5.56 Å². The summed E-state index contributed by atoms with van der Waals surface area (Å²) in [6, 6.07) is 5.11. The molecule has 0 fully saturated rings. The number of H-pyrrole nitrogens is 1. The molecule has 2 rings (SSSR count). The number of carbonyl (C=O) groups is 1. The fraction of sp³-hybridized carbons (Fsp3) is 0.100. The van der Waals surface area contributed by atoms with Crippen LogP contribution in [0.3, 0.4) is 0 Å². The topological polar surface area (TPSA) is 62.7 Å². The molecule has 0 aliphatic rings. The van der Waals surface area contributed by atoms with Crippen LogP contribution in [0.2, 0.25) is 0 Å². The number of nitrogens with one attached hydrogen (secondary N) is 2. The van der Waals surface area contributed by atoms with Crippen LogP contribution in [-0.2, 0) is 7.05 Å². The minimum atomic E-state index is -0.263. The van der Waals surface area contributed by atoms with Gasteiger partial charge in [-0.1, -0.05) is 12.2 Å². The fourth-order valence-corrected chi connectivity index (χ4v) is 1.49. The maximum atomic E-state index is 11.8. The first kappa shape index (κ1) is 10.6. The van der Waals surface area contributed by atoms with E-state index in [1.807, 2.05) is 0 Å². The van der Waals surface area contributed by atoms with E-state index in [9.17, 15) is 4.79 Å². The maximum absolute atomic E-state index is 11.8. The largest absolute Gasteiger partial charge is 0.352 e. The second-order valence-electron chi connectivity index (χ2n) is 3.24. The first-order chi connectivity index (χ1) is 7.66. The standard InChI is InChI=1S/C10H10N4OS/c1-14-6-4-8(13-14)12-9(15)7-3-2-5-11-10(7)16/h2-6H,1H3,(H,11,16)(H,12,13,15). The average molecular weight is 234 g/mol. The molecule has 2 heterocycles. The molecule has 0 aliphatic carbocycles. The van der Waals surface area contributed by atoms with Crippen LogP contribution in [0.5, 0.6) is 0 Å². The van der Waals surface area contributed by atoms with Crippen LogP contribution in [0, 0.1) is 4.64 Å². The Morgan fingerprint density at radius 2 is 2.38 bits per heavy atom. The van der Waals surface area contributed by atoms with Gasteiger partial charge in [-0.15, -0.1) is 0 Å².